The SMILES string of the molecule is Clc1ccccc1SN=C(c1ccccc1)c1ccccc1. The first-order valence-electron chi connectivity index (χ1n) is 6.95. The second kappa shape index (κ2) is 7.30. The molecule has 3 aromatic carbocycles. The van der Waals surface area contributed by atoms with Gasteiger partial charge in [0.2, 0.25) is 0 Å². The molecule has 1 nitrogen and oxygen atoms in total. The molecule has 3 aromatic rings. The smallest absolute Gasteiger partial charge is 0.0861 e. The van der Waals surface area contributed by atoms with E-state index >= 15 is 0 Å². The topological polar surface area (TPSA) is 12.4 Å². The minimum atomic E-state index is 0.719. The van der Waals surface area contributed by atoms with Crippen molar-refractivity contribution < 1.29 is 0 Å². The van der Waals surface area contributed by atoms with E-state index in [9.17, 15) is 0 Å². The lowest BCUT2D eigenvalue weighted by Crippen LogP contribution is -2.01. The lowest BCUT2D eigenvalue weighted by molar-refractivity contribution is 1.46. The summed E-state index contributed by atoms with van der Waals surface area (Å²) < 4.78 is 4.74. The maximum Gasteiger partial charge on any atom is 0.0861 e. The van der Waals surface area contributed by atoms with E-state index in [0.29, 0.717) is 0 Å². The fraction of sp³-hybridized carbons (Fsp3) is 0. The molecule has 0 radical (unpaired) electrons. The van der Waals surface area contributed by atoms with E-state index in [1.165, 1.54) is 11.9 Å². The second-order valence-electron chi connectivity index (χ2n) is 4.69. The Hall–Kier alpha value is -2.03. The van der Waals surface area contributed by atoms with Crippen molar-refractivity contribution in [3.8, 4) is 0 Å². The largest absolute Gasteiger partial charge is 0.210 e. The first-order valence-corrected chi connectivity index (χ1v) is 8.10. The van der Waals surface area contributed by atoms with Gasteiger partial charge in [-0.2, -0.15) is 0 Å². The molecule has 3 heteroatoms. The minimum absolute atomic E-state index is 0.719. The van der Waals surface area contributed by atoms with Crippen LogP contribution in [0.3, 0.4) is 0 Å². The van der Waals surface area contributed by atoms with Gasteiger partial charge in [0.25, 0.3) is 0 Å². The highest BCUT2D eigenvalue weighted by atomic mass is 35.5. The average molecular weight is 324 g/mol. The van der Waals surface area contributed by atoms with Gasteiger partial charge in [0.05, 0.1) is 10.7 Å². The van der Waals surface area contributed by atoms with Crippen molar-refractivity contribution in [2.24, 2.45) is 4.40 Å². The van der Waals surface area contributed by atoms with Crippen molar-refractivity contribution in [2.45, 2.75) is 4.90 Å². The fourth-order valence-electron chi connectivity index (χ4n) is 2.08. The number of nitrogens with zero attached hydrogens (tertiary/aromatic N) is 1. The zero-order valence-corrected chi connectivity index (χ0v) is 13.4. The molecule has 0 bridgehead atoms. The van der Waals surface area contributed by atoms with Crippen LogP contribution in [0, 0.1) is 0 Å². The van der Waals surface area contributed by atoms with Gasteiger partial charge in [-0.3, -0.25) is 0 Å². The van der Waals surface area contributed by atoms with Crippen molar-refractivity contribution in [3.05, 3.63) is 101 Å². The number of benzene rings is 3. The molecule has 22 heavy (non-hydrogen) atoms. The van der Waals surface area contributed by atoms with Gasteiger partial charge < -0.3 is 0 Å². The van der Waals surface area contributed by atoms with Crippen LogP contribution < -0.4 is 0 Å². The molecule has 0 amide bonds. The molecule has 0 unspecified atom stereocenters. The zero-order chi connectivity index (χ0) is 15.2. The lowest BCUT2D eigenvalue weighted by Gasteiger charge is -2.07. The van der Waals surface area contributed by atoms with Gasteiger partial charge in [-0.25, -0.2) is 4.40 Å². The molecule has 0 aliphatic heterocycles. The van der Waals surface area contributed by atoms with E-state index in [2.05, 4.69) is 24.3 Å². The Balaban J connectivity index is 1.99. The minimum Gasteiger partial charge on any atom is -0.210 e. The molecule has 0 aliphatic rings. The monoisotopic (exact) mass is 323 g/mol. The van der Waals surface area contributed by atoms with Crippen LogP contribution in [0.15, 0.2) is 94.2 Å². The zero-order valence-electron chi connectivity index (χ0n) is 11.8. The van der Waals surface area contributed by atoms with Crippen molar-refractivity contribution in [1.82, 2.24) is 0 Å². The van der Waals surface area contributed by atoms with E-state index in [4.69, 9.17) is 16.0 Å². The van der Waals surface area contributed by atoms with Crippen LogP contribution in [0.2, 0.25) is 5.02 Å². The van der Waals surface area contributed by atoms with E-state index in [-0.39, 0.29) is 0 Å². The quantitative estimate of drug-likeness (QED) is 0.431. The van der Waals surface area contributed by atoms with E-state index < -0.39 is 0 Å². The van der Waals surface area contributed by atoms with Crippen LogP contribution in [-0.2, 0) is 0 Å². The van der Waals surface area contributed by atoms with Gasteiger partial charge in [0, 0.05) is 28.0 Å². The Morgan fingerprint density at radius 3 is 1.73 bits per heavy atom. The fourth-order valence-corrected chi connectivity index (χ4v) is 3.01. The Morgan fingerprint density at radius 1 is 0.682 bits per heavy atom. The third kappa shape index (κ3) is 3.59. The van der Waals surface area contributed by atoms with Crippen LogP contribution in [0.25, 0.3) is 0 Å². The van der Waals surface area contributed by atoms with Crippen LogP contribution in [0.4, 0.5) is 0 Å². The molecular formula is C19H14ClNS. The van der Waals surface area contributed by atoms with Gasteiger partial charge in [0.1, 0.15) is 0 Å². The average Bonchev–Trinajstić information content (AvgIpc) is 2.59. The predicted molar refractivity (Wildman–Crippen MR) is 95.8 cm³/mol. The number of hydrogen-bond donors (Lipinski definition) is 0. The lowest BCUT2D eigenvalue weighted by atomic mass is 10.0. The maximum atomic E-state index is 6.21. The Labute approximate surface area is 139 Å². The molecule has 0 aliphatic carbocycles. The van der Waals surface area contributed by atoms with Crippen molar-refractivity contribution in [1.29, 1.82) is 0 Å². The summed E-state index contributed by atoms with van der Waals surface area (Å²) in [5.41, 5.74) is 3.13. The molecule has 0 heterocycles. The van der Waals surface area contributed by atoms with E-state index in [0.717, 1.165) is 26.8 Å². The summed E-state index contributed by atoms with van der Waals surface area (Å²) in [5, 5.41) is 0.719. The molecular weight excluding hydrogens is 310 g/mol. The number of rotatable bonds is 4. The third-order valence-electron chi connectivity index (χ3n) is 3.17. The van der Waals surface area contributed by atoms with Crippen molar-refractivity contribution in [3.63, 3.8) is 0 Å². The van der Waals surface area contributed by atoms with Gasteiger partial charge in [-0.15, -0.1) is 0 Å². The summed E-state index contributed by atoms with van der Waals surface area (Å²) in [6.07, 6.45) is 0. The van der Waals surface area contributed by atoms with Crippen molar-refractivity contribution >= 4 is 29.3 Å². The van der Waals surface area contributed by atoms with Crippen LogP contribution in [0.5, 0.6) is 0 Å². The summed E-state index contributed by atoms with van der Waals surface area (Å²) in [4.78, 5) is 0.952. The highest BCUT2D eigenvalue weighted by molar-refractivity contribution is 7.98. The molecule has 0 aromatic heterocycles. The summed E-state index contributed by atoms with van der Waals surface area (Å²) >= 11 is 7.61. The highest BCUT2D eigenvalue weighted by Crippen LogP contribution is 2.28. The summed E-state index contributed by atoms with van der Waals surface area (Å²) in [6.45, 7) is 0. The number of hydrogen-bond acceptors (Lipinski definition) is 2. The molecule has 108 valence electrons. The normalized spacial score (nSPS) is 10.2. The molecule has 3 rings (SSSR count). The summed E-state index contributed by atoms with van der Waals surface area (Å²) in [6, 6.07) is 28.1. The second-order valence-corrected chi connectivity index (χ2v) is 5.91. The highest BCUT2D eigenvalue weighted by Gasteiger charge is 2.07. The van der Waals surface area contributed by atoms with E-state index in [1.54, 1.807) is 0 Å². The van der Waals surface area contributed by atoms with Crippen LogP contribution >= 0.6 is 23.5 Å². The van der Waals surface area contributed by atoms with Gasteiger partial charge in [0.15, 0.2) is 0 Å². The van der Waals surface area contributed by atoms with Gasteiger partial charge >= 0.3 is 0 Å². The van der Waals surface area contributed by atoms with Gasteiger partial charge in [-0.1, -0.05) is 84.4 Å². The molecule has 0 N–H and O–H groups in total. The number of halogens is 1. The summed E-state index contributed by atoms with van der Waals surface area (Å²) in [7, 11) is 0. The third-order valence-corrected chi connectivity index (χ3v) is 4.43. The van der Waals surface area contributed by atoms with E-state index in [1.807, 2.05) is 60.7 Å². The van der Waals surface area contributed by atoms with Crippen LogP contribution in [0.1, 0.15) is 11.1 Å². The molecule has 0 spiro atoms. The molecule has 0 atom stereocenters. The Morgan fingerprint density at radius 2 is 1.18 bits per heavy atom. The van der Waals surface area contributed by atoms with Gasteiger partial charge in [-0.05, 0) is 12.1 Å². The summed E-state index contributed by atoms with van der Waals surface area (Å²) in [5.74, 6) is 0. The molecule has 0 saturated heterocycles. The first kappa shape index (κ1) is 14.9. The van der Waals surface area contributed by atoms with Crippen LogP contribution in [-0.4, -0.2) is 5.71 Å². The Kier molecular flexibility index (Phi) is 4.94. The first-order chi connectivity index (χ1) is 10.8. The molecule has 0 saturated carbocycles. The van der Waals surface area contributed by atoms with Crippen molar-refractivity contribution in [2.75, 3.05) is 0 Å². The maximum absolute atomic E-state index is 6.21. The molecule has 0 fully saturated rings. The predicted octanol–water partition coefficient (Wildman–Crippen LogP) is 5.88. The standard InChI is InChI=1S/C19H14ClNS/c20-17-13-7-8-14-18(17)22-21-19(15-9-3-1-4-10-15)16-11-5-2-6-12-16/h1-14H. The Bertz CT molecular complexity index is 728.